The van der Waals surface area contributed by atoms with Gasteiger partial charge in [0.15, 0.2) is 0 Å². The molecule has 5 nitrogen and oxygen atoms in total. The van der Waals surface area contributed by atoms with Crippen molar-refractivity contribution < 1.29 is 14.6 Å². The monoisotopic (exact) mass is 332 g/mol. The molecule has 2 aromatic rings. The Morgan fingerprint density at radius 1 is 1.39 bits per heavy atom. The SMILES string of the molecule is COC(=O)c1ccc(CN2C[C@@H](Cc3ccccn3)[C@H](O)C2)s1. The van der Waals surface area contributed by atoms with E-state index in [1.807, 2.05) is 24.3 Å². The molecule has 23 heavy (non-hydrogen) atoms. The first-order valence-corrected chi connectivity index (χ1v) is 8.44. The number of methoxy groups -OCH3 is 1. The molecule has 6 heteroatoms. The summed E-state index contributed by atoms with van der Waals surface area (Å²) in [6.07, 6.45) is 2.24. The Morgan fingerprint density at radius 3 is 3.00 bits per heavy atom. The fraction of sp³-hybridized carbons (Fsp3) is 0.412. The summed E-state index contributed by atoms with van der Waals surface area (Å²) < 4.78 is 4.73. The number of β-amino-alcohol motifs (C(OH)–C–C–N with tert-alkyl or cyclic N) is 1. The van der Waals surface area contributed by atoms with Crippen molar-refractivity contribution >= 4 is 17.3 Å². The van der Waals surface area contributed by atoms with Gasteiger partial charge in [-0.1, -0.05) is 6.07 Å². The maximum atomic E-state index is 11.5. The zero-order chi connectivity index (χ0) is 16.2. The van der Waals surface area contributed by atoms with E-state index in [9.17, 15) is 9.90 Å². The van der Waals surface area contributed by atoms with E-state index in [-0.39, 0.29) is 18.0 Å². The second-order valence-corrected chi connectivity index (χ2v) is 6.97. The number of likely N-dealkylation sites (tertiary alicyclic amines) is 1. The highest BCUT2D eigenvalue weighted by atomic mass is 32.1. The lowest BCUT2D eigenvalue weighted by Gasteiger charge is -2.14. The Kier molecular flexibility index (Phi) is 5.05. The van der Waals surface area contributed by atoms with E-state index >= 15 is 0 Å². The summed E-state index contributed by atoms with van der Waals surface area (Å²) in [6, 6.07) is 9.62. The van der Waals surface area contributed by atoms with Crippen LogP contribution in [0.4, 0.5) is 0 Å². The van der Waals surface area contributed by atoms with Crippen LogP contribution in [0, 0.1) is 5.92 Å². The van der Waals surface area contributed by atoms with E-state index in [1.54, 1.807) is 12.3 Å². The summed E-state index contributed by atoms with van der Waals surface area (Å²) in [6.45, 7) is 2.24. The summed E-state index contributed by atoms with van der Waals surface area (Å²) in [4.78, 5) is 19.8. The summed E-state index contributed by atoms with van der Waals surface area (Å²) in [5.41, 5.74) is 1.02. The molecule has 3 rings (SSSR count). The summed E-state index contributed by atoms with van der Waals surface area (Å²) in [5, 5.41) is 10.3. The third-order valence-electron chi connectivity index (χ3n) is 4.11. The highest BCUT2D eigenvalue weighted by Crippen LogP contribution is 2.25. The molecule has 0 aliphatic carbocycles. The molecule has 0 saturated carbocycles. The van der Waals surface area contributed by atoms with E-state index in [0.717, 1.165) is 30.1 Å². The Balaban J connectivity index is 1.58. The minimum absolute atomic E-state index is 0.199. The first-order chi connectivity index (χ1) is 11.2. The minimum atomic E-state index is -0.336. The average Bonchev–Trinajstić information content (AvgIpc) is 3.15. The molecule has 0 radical (unpaired) electrons. The lowest BCUT2D eigenvalue weighted by molar-refractivity contribution is 0.0606. The van der Waals surface area contributed by atoms with Gasteiger partial charge in [0.1, 0.15) is 4.88 Å². The number of aliphatic hydroxyl groups excluding tert-OH is 1. The quantitative estimate of drug-likeness (QED) is 0.848. The predicted octanol–water partition coefficient (Wildman–Crippen LogP) is 1.97. The normalized spacial score (nSPS) is 21.5. The zero-order valence-electron chi connectivity index (χ0n) is 13.0. The van der Waals surface area contributed by atoms with Gasteiger partial charge < -0.3 is 9.84 Å². The van der Waals surface area contributed by atoms with Gasteiger partial charge >= 0.3 is 5.97 Å². The number of carbonyl (C=O) groups is 1. The van der Waals surface area contributed by atoms with Gasteiger partial charge in [-0.3, -0.25) is 9.88 Å². The largest absolute Gasteiger partial charge is 0.465 e. The molecule has 2 aromatic heterocycles. The van der Waals surface area contributed by atoms with Gasteiger partial charge in [-0.2, -0.15) is 0 Å². The number of nitrogens with zero attached hydrogens (tertiary/aromatic N) is 2. The molecule has 0 spiro atoms. The molecule has 1 N–H and O–H groups in total. The van der Waals surface area contributed by atoms with Crippen molar-refractivity contribution in [1.82, 2.24) is 9.88 Å². The number of rotatable bonds is 5. The Hall–Kier alpha value is -1.76. The second-order valence-electron chi connectivity index (χ2n) is 5.80. The first-order valence-electron chi connectivity index (χ1n) is 7.63. The lowest BCUT2D eigenvalue weighted by Crippen LogP contribution is -2.20. The molecule has 122 valence electrons. The van der Waals surface area contributed by atoms with Crippen LogP contribution in [0.15, 0.2) is 36.5 Å². The smallest absolute Gasteiger partial charge is 0.348 e. The fourth-order valence-corrected chi connectivity index (χ4v) is 3.92. The highest BCUT2D eigenvalue weighted by Gasteiger charge is 2.31. The summed E-state index contributed by atoms with van der Waals surface area (Å²) in [7, 11) is 1.39. The summed E-state index contributed by atoms with van der Waals surface area (Å²) in [5.74, 6) is -0.0966. The average molecular weight is 332 g/mol. The number of hydrogen-bond acceptors (Lipinski definition) is 6. The van der Waals surface area contributed by atoms with Crippen LogP contribution in [0.2, 0.25) is 0 Å². The third kappa shape index (κ3) is 3.96. The van der Waals surface area contributed by atoms with Crippen molar-refractivity contribution in [2.75, 3.05) is 20.2 Å². The number of ether oxygens (including phenoxy) is 1. The molecule has 0 unspecified atom stereocenters. The molecule has 0 amide bonds. The predicted molar refractivity (Wildman–Crippen MR) is 88.4 cm³/mol. The number of aromatic nitrogens is 1. The molecule has 1 fully saturated rings. The van der Waals surface area contributed by atoms with Crippen LogP contribution in [0.25, 0.3) is 0 Å². The van der Waals surface area contributed by atoms with E-state index in [2.05, 4.69) is 9.88 Å². The van der Waals surface area contributed by atoms with Crippen LogP contribution in [-0.4, -0.2) is 47.3 Å². The van der Waals surface area contributed by atoms with E-state index in [4.69, 9.17) is 4.74 Å². The van der Waals surface area contributed by atoms with Crippen molar-refractivity contribution in [2.45, 2.75) is 19.1 Å². The molecule has 1 aliphatic rings. The molecular formula is C17H20N2O3S. The fourth-order valence-electron chi connectivity index (χ4n) is 2.95. The van der Waals surface area contributed by atoms with Gasteiger partial charge in [-0.05, 0) is 30.7 Å². The van der Waals surface area contributed by atoms with Crippen molar-refractivity contribution in [3.05, 3.63) is 52.0 Å². The van der Waals surface area contributed by atoms with Crippen molar-refractivity contribution in [3.8, 4) is 0 Å². The topological polar surface area (TPSA) is 62.7 Å². The van der Waals surface area contributed by atoms with Gasteiger partial charge in [0.25, 0.3) is 0 Å². The summed E-state index contributed by atoms with van der Waals surface area (Å²) >= 11 is 1.45. The Morgan fingerprint density at radius 2 is 2.26 bits per heavy atom. The molecular weight excluding hydrogens is 312 g/mol. The van der Waals surface area contributed by atoms with Gasteiger partial charge in [0, 0.05) is 42.3 Å². The number of thiophene rings is 1. The van der Waals surface area contributed by atoms with Crippen LogP contribution in [0.5, 0.6) is 0 Å². The minimum Gasteiger partial charge on any atom is -0.465 e. The number of aliphatic hydroxyl groups is 1. The van der Waals surface area contributed by atoms with Crippen molar-refractivity contribution in [3.63, 3.8) is 0 Å². The number of hydrogen-bond donors (Lipinski definition) is 1. The van der Waals surface area contributed by atoms with E-state index in [0.29, 0.717) is 11.4 Å². The first kappa shape index (κ1) is 16.1. The molecule has 0 aromatic carbocycles. The molecule has 2 atom stereocenters. The van der Waals surface area contributed by atoms with Crippen LogP contribution < -0.4 is 0 Å². The number of carbonyl (C=O) groups excluding carboxylic acids is 1. The van der Waals surface area contributed by atoms with Gasteiger partial charge in [-0.15, -0.1) is 11.3 Å². The number of pyridine rings is 1. The highest BCUT2D eigenvalue weighted by molar-refractivity contribution is 7.13. The van der Waals surface area contributed by atoms with E-state index in [1.165, 1.54) is 18.4 Å². The van der Waals surface area contributed by atoms with Crippen molar-refractivity contribution in [1.29, 1.82) is 0 Å². The number of esters is 1. The van der Waals surface area contributed by atoms with Gasteiger partial charge in [0.2, 0.25) is 0 Å². The third-order valence-corrected chi connectivity index (χ3v) is 5.16. The lowest BCUT2D eigenvalue weighted by atomic mass is 10.00. The maximum absolute atomic E-state index is 11.5. The molecule has 1 aliphatic heterocycles. The van der Waals surface area contributed by atoms with Gasteiger partial charge in [-0.25, -0.2) is 4.79 Å². The van der Waals surface area contributed by atoms with Crippen molar-refractivity contribution in [2.24, 2.45) is 5.92 Å². The van der Waals surface area contributed by atoms with E-state index < -0.39 is 0 Å². The second kappa shape index (κ2) is 7.21. The van der Waals surface area contributed by atoms with Crippen LogP contribution in [-0.2, 0) is 17.7 Å². The standard InChI is InChI=1S/C17H20N2O3S/c1-22-17(21)16-6-5-14(23-16)10-19-9-12(15(20)11-19)8-13-4-2-3-7-18-13/h2-7,12,15,20H,8-11H2,1H3/t12-,15-/m1/s1. The molecule has 3 heterocycles. The van der Waals surface area contributed by atoms with Crippen LogP contribution in [0.3, 0.4) is 0 Å². The Bertz CT molecular complexity index is 659. The van der Waals surface area contributed by atoms with Gasteiger partial charge in [0.05, 0.1) is 13.2 Å². The van der Waals surface area contributed by atoms with Crippen LogP contribution >= 0.6 is 11.3 Å². The van der Waals surface area contributed by atoms with Crippen LogP contribution in [0.1, 0.15) is 20.2 Å². The zero-order valence-corrected chi connectivity index (χ0v) is 13.8. The maximum Gasteiger partial charge on any atom is 0.348 e. The Labute approximate surface area is 139 Å². The molecule has 1 saturated heterocycles. The molecule has 0 bridgehead atoms.